The number of H-pyrrole nitrogens is 1. The van der Waals surface area contributed by atoms with Crippen molar-refractivity contribution in [3.8, 4) is 11.6 Å². The van der Waals surface area contributed by atoms with Gasteiger partial charge in [-0.15, -0.1) is 0 Å². The van der Waals surface area contributed by atoms with Gasteiger partial charge in [0, 0.05) is 18.4 Å². The number of rotatable bonds is 6. The molecule has 0 aliphatic heterocycles. The molecule has 0 aromatic carbocycles. The molecule has 2 unspecified atom stereocenters. The number of aromatic amines is 1. The van der Waals surface area contributed by atoms with E-state index in [0.29, 0.717) is 23.5 Å². The zero-order chi connectivity index (χ0) is 13.8. The van der Waals surface area contributed by atoms with Crippen molar-refractivity contribution in [3.63, 3.8) is 0 Å². The average Bonchev–Trinajstić information content (AvgIpc) is 2.98. The van der Waals surface area contributed by atoms with E-state index in [0.717, 1.165) is 6.54 Å². The van der Waals surface area contributed by atoms with Gasteiger partial charge >= 0.3 is 0 Å². The van der Waals surface area contributed by atoms with Gasteiger partial charge in [0.2, 0.25) is 11.7 Å². The summed E-state index contributed by atoms with van der Waals surface area (Å²) in [5.41, 5.74) is 0. The van der Waals surface area contributed by atoms with Crippen LogP contribution in [0.3, 0.4) is 0 Å². The Morgan fingerprint density at radius 2 is 2.16 bits per heavy atom. The van der Waals surface area contributed by atoms with Crippen molar-refractivity contribution in [1.29, 1.82) is 0 Å². The van der Waals surface area contributed by atoms with Crippen molar-refractivity contribution in [2.24, 2.45) is 5.92 Å². The van der Waals surface area contributed by atoms with E-state index in [9.17, 15) is 0 Å². The molecule has 6 heteroatoms. The van der Waals surface area contributed by atoms with Crippen LogP contribution < -0.4 is 5.32 Å². The number of nitrogens with one attached hydrogen (secondary N) is 2. The Balaban J connectivity index is 2.23. The Bertz CT molecular complexity index is 491. The Morgan fingerprint density at radius 1 is 1.37 bits per heavy atom. The average molecular weight is 263 g/mol. The van der Waals surface area contributed by atoms with Gasteiger partial charge < -0.3 is 14.8 Å². The fourth-order valence-electron chi connectivity index (χ4n) is 2.38. The summed E-state index contributed by atoms with van der Waals surface area (Å²) in [7, 11) is 0. The number of imidazole rings is 1. The Morgan fingerprint density at radius 3 is 2.74 bits per heavy atom. The van der Waals surface area contributed by atoms with Gasteiger partial charge in [-0.3, -0.25) is 0 Å². The Labute approximate surface area is 113 Å². The lowest BCUT2D eigenvalue weighted by atomic mass is 9.89. The molecule has 2 aromatic heterocycles. The molecule has 0 bridgehead atoms. The van der Waals surface area contributed by atoms with Crippen LogP contribution in [-0.2, 0) is 0 Å². The van der Waals surface area contributed by atoms with Crippen molar-refractivity contribution in [1.82, 2.24) is 25.4 Å². The number of hydrogen-bond donors (Lipinski definition) is 2. The van der Waals surface area contributed by atoms with Gasteiger partial charge in [-0.1, -0.05) is 25.9 Å². The Hall–Kier alpha value is -1.69. The number of nitrogens with zero attached hydrogens (tertiary/aromatic N) is 3. The summed E-state index contributed by atoms with van der Waals surface area (Å²) in [6.45, 7) is 9.48. The normalized spacial score (nSPS) is 14.8. The molecule has 0 saturated carbocycles. The summed E-state index contributed by atoms with van der Waals surface area (Å²) < 4.78 is 5.42. The van der Waals surface area contributed by atoms with Crippen LogP contribution in [0, 0.1) is 5.92 Å². The molecular weight excluding hydrogens is 242 g/mol. The zero-order valence-electron chi connectivity index (χ0n) is 11.8. The van der Waals surface area contributed by atoms with E-state index in [4.69, 9.17) is 4.52 Å². The summed E-state index contributed by atoms with van der Waals surface area (Å²) in [6, 6.07) is 0.287. The third-order valence-electron chi connectivity index (χ3n) is 3.22. The smallest absolute Gasteiger partial charge is 0.238 e. The van der Waals surface area contributed by atoms with Crippen LogP contribution in [0.2, 0.25) is 0 Å². The first-order chi connectivity index (χ1) is 9.13. The monoisotopic (exact) mass is 263 g/mol. The number of likely N-dealkylation sites (N-methyl/N-ethyl adjacent to an activating group) is 1. The van der Waals surface area contributed by atoms with Crippen LogP contribution in [0.15, 0.2) is 16.9 Å². The molecule has 2 rings (SSSR count). The molecule has 6 nitrogen and oxygen atoms in total. The molecule has 0 aliphatic carbocycles. The number of aromatic nitrogens is 4. The van der Waals surface area contributed by atoms with Gasteiger partial charge in [-0.25, -0.2) is 4.98 Å². The highest BCUT2D eigenvalue weighted by Gasteiger charge is 2.28. The third kappa shape index (κ3) is 3.01. The predicted molar refractivity (Wildman–Crippen MR) is 72.6 cm³/mol. The summed E-state index contributed by atoms with van der Waals surface area (Å²) in [5.74, 6) is 2.41. The van der Waals surface area contributed by atoms with E-state index in [-0.39, 0.29) is 12.0 Å². The van der Waals surface area contributed by atoms with E-state index in [1.807, 2.05) is 0 Å². The lowest BCUT2D eigenvalue weighted by Crippen LogP contribution is -2.34. The predicted octanol–water partition coefficient (Wildman–Crippen LogP) is 2.20. The maximum Gasteiger partial charge on any atom is 0.238 e. The van der Waals surface area contributed by atoms with Crippen LogP contribution in [0.5, 0.6) is 0 Å². The molecule has 2 atom stereocenters. The van der Waals surface area contributed by atoms with Crippen molar-refractivity contribution >= 4 is 0 Å². The molecule has 2 N–H and O–H groups in total. The van der Waals surface area contributed by atoms with Gasteiger partial charge in [0.25, 0.3) is 0 Å². The molecule has 0 aliphatic rings. The first kappa shape index (κ1) is 13.7. The van der Waals surface area contributed by atoms with Crippen molar-refractivity contribution in [2.45, 2.75) is 39.7 Å². The summed E-state index contributed by atoms with van der Waals surface area (Å²) >= 11 is 0. The molecule has 2 aromatic rings. The molecule has 0 amide bonds. The minimum absolute atomic E-state index is 0.191. The highest BCUT2D eigenvalue weighted by Crippen LogP contribution is 2.27. The molecular formula is C13H21N5O. The van der Waals surface area contributed by atoms with Gasteiger partial charge in [0.15, 0.2) is 5.82 Å². The maximum absolute atomic E-state index is 5.42. The zero-order valence-corrected chi connectivity index (χ0v) is 11.8. The second-order valence-corrected chi connectivity index (χ2v) is 5.01. The molecule has 0 fully saturated rings. The quantitative estimate of drug-likeness (QED) is 0.835. The molecule has 2 heterocycles. The van der Waals surface area contributed by atoms with Crippen LogP contribution in [0.4, 0.5) is 0 Å². The second kappa shape index (κ2) is 5.97. The van der Waals surface area contributed by atoms with Gasteiger partial charge in [-0.05, 0) is 19.4 Å². The number of hydrogen-bond acceptors (Lipinski definition) is 5. The van der Waals surface area contributed by atoms with Gasteiger partial charge in [0.05, 0.1) is 5.92 Å². The lowest BCUT2D eigenvalue weighted by Gasteiger charge is -2.24. The first-order valence-electron chi connectivity index (χ1n) is 6.70. The molecule has 0 radical (unpaired) electrons. The van der Waals surface area contributed by atoms with E-state index < -0.39 is 0 Å². The van der Waals surface area contributed by atoms with E-state index >= 15 is 0 Å². The summed E-state index contributed by atoms with van der Waals surface area (Å²) in [5, 5.41) is 7.42. The highest BCUT2D eigenvalue weighted by molar-refractivity contribution is 5.40. The largest absolute Gasteiger partial charge is 0.342 e. The minimum Gasteiger partial charge on any atom is -0.342 e. The van der Waals surface area contributed by atoms with E-state index in [1.165, 1.54) is 0 Å². The molecule has 0 spiro atoms. The molecule has 0 saturated heterocycles. The second-order valence-electron chi connectivity index (χ2n) is 5.01. The minimum atomic E-state index is 0.191. The molecule has 19 heavy (non-hydrogen) atoms. The SMILES string of the molecule is CCNC(C)C(c1nc(-c2ncc[nH]2)no1)C(C)C. The van der Waals surface area contributed by atoms with Crippen LogP contribution in [0.1, 0.15) is 39.5 Å². The van der Waals surface area contributed by atoms with Gasteiger partial charge in [0.1, 0.15) is 0 Å². The first-order valence-corrected chi connectivity index (χ1v) is 6.70. The third-order valence-corrected chi connectivity index (χ3v) is 3.22. The standard InChI is InChI=1S/C13H21N5O/c1-5-14-9(4)10(8(2)3)13-17-12(18-19-13)11-15-6-7-16-11/h6-10,14H,5H2,1-4H3,(H,15,16). The van der Waals surface area contributed by atoms with Crippen LogP contribution in [-0.4, -0.2) is 32.7 Å². The van der Waals surface area contributed by atoms with E-state index in [2.05, 4.69) is 53.1 Å². The van der Waals surface area contributed by atoms with Crippen molar-refractivity contribution in [2.75, 3.05) is 6.54 Å². The lowest BCUT2D eigenvalue weighted by molar-refractivity contribution is 0.281. The molecule has 104 valence electrons. The highest BCUT2D eigenvalue weighted by atomic mass is 16.5. The van der Waals surface area contributed by atoms with Gasteiger partial charge in [-0.2, -0.15) is 4.98 Å². The van der Waals surface area contributed by atoms with E-state index in [1.54, 1.807) is 12.4 Å². The summed E-state index contributed by atoms with van der Waals surface area (Å²) in [6.07, 6.45) is 3.42. The van der Waals surface area contributed by atoms with Crippen molar-refractivity contribution in [3.05, 3.63) is 18.3 Å². The van der Waals surface area contributed by atoms with Crippen molar-refractivity contribution < 1.29 is 4.52 Å². The summed E-state index contributed by atoms with van der Waals surface area (Å²) in [4.78, 5) is 11.6. The fraction of sp³-hybridized carbons (Fsp3) is 0.615. The maximum atomic E-state index is 5.42. The fourth-order valence-corrected chi connectivity index (χ4v) is 2.38. The Kier molecular flexibility index (Phi) is 4.31. The van der Waals surface area contributed by atoms with Crippen LogP contribution >= 0.6 is 0 Å². The topological polar surface area (TPSA) is 79.6 Å². The van der Waals surface area contributed by atoms with Crippen LogP contribution in [0.25, 0.3) is 11.6 Å².